The first-order valence-electron chi connectivity index (χ1n) is 14.4. The highest BCUT2D eigenvalue weighted by atomic mass is 35.5. The van der Waals surface area contributed by atoms with E-state index in [4.69, 9.17) is 21.1 Å². The average Bonchev–Trinajstić information content (AvgIpc) is 3.36. The Balaban J connectivity index is 1.53. The maximum atomic E-state index is 14.5. The van der Waals surface area contributed by atoms with Crippen LogP contribution in [-0.4, -0.2) is 65.5 Å². The van der Waals surface area contributed by atoms with Crippen LogP contribution in [0.1, 0.15) is 37.7 Å². The van der Waals surface area contributed by atoms with Gasteiger partial charge in [-0.3, -0.25) is 28.9 Å². The van der Waals surface area contributed by atoms with Gasteiger partial charge >= 0.3 is 5.97 Å². The Morgan fingerprint density at radius 3 is 2.44 bits per heavy atom. The van der Waals surface area contributed by atoms with Crippen LogP contribution in [0.4, 0.5) is 10.1 Å². The fraction of sp³-hybridized carbons (Fsp3) is 0.406. The number of phenols is 1. The van der Waals surface area contributed by atoms with Crippen molar-refractivity contribution >= 4 is 46.9 Å². The molecule has 4 amide bonds. The van der Waals surface area contributed by atoms with Crippen LogP contribution in [0.2, 0.25) is 5.02 Å². The van der Waals surface area contributed by atoms with E-state index in [1.807, 2.05) is 0 Å². The summed E-state index contributed by atoms with van der Waals surface area (Å²) in [6, 6.07) is 6.43. The monoisotopic (exact) mass is 640 g/mol. The molecule has 45 heavy (non-hydrogen) atoms. The first kappa shape index (κ1) is 30.6. The van der Waals surface area contributed by atoms with Crippen LogP contribution < -0.4 is 14.4 Å². The molecule has 0 bridgehead atoms. The Morgan fingerprint density at radius 1 is 1.07 bits per heavy atom. The number of imide groups is 2. The zero-order valence-electron chi connectivity index (χ0n) is 24.6. The van der Waals surface area contributed by atoms with Crippen molar-refractivity contribution in [1.82, 2.24) is 4.90 Å². The molecule has 1 saturated carbocycles. The number of halogens is 2. The van der Waals surface area contributed by atoms with Gasteiger partial charge in [-0.15, -0.1) is 0 Å². The summed E-state index contributed by atoms with van der Waals surface area (Å²) in [6.07, 6.45) is 1.55. The molecule has 2 heterocycles. The summed E-state index contributed by atoms with van der Waals surface area (Å²) in [7, 11) is 2.80. The number of likely N-dealkylation sites (tertiary alicyclic amines) is 1. The van der Waals surface area contributed by atoms with Gasteiger partial charge in [0.15, 0.2) is 0 Å². The molecule has 11 nitrogen and oxygen atoms in total. The topological polar surface area (TPSA) is 151 Å². The summed E-state index contributed by atoms with van der Waals surface area (Å²) < 4.78 is 25.1. The summed E-state index contributed by atoms with van der Waals surface area (Å²) in [5, 5.41) is 20.3. The van der Waals surface area contributed by atoms with Crippen LogP contribution in [0.15, 0.2) is 42.0 Å². The minimum atomic E-state index is -1.51. The van der Waals surface area contributed by atoms with Gasteiger partial charge in [0.2, 0.25) is 23.6 Å². The van der Waals surface area contributed by atoms with E-state index in [-0.39, 0.29) is 52.9 Å². The van der Waals surface area contributed by atoms with Crippen molar-refractivity contribution in [2.24, 2.45) is 29.1 Å². The Kier molecular flexibility index (Phi) is 7.38. The van der Waals surface area contributed by atoms with Crippen LogP contribution in [0.25, 0.3) is 0 Å². The number of rotatable bonds is 7. The lowest BCUT2D eigenvalue weighted by molar-refractivity contribution is -0.142. The number of carboxylic acids is 1. The van der Waals surface area contributed by atoms with Gasteiger partial charge in [-0.05, 0) is 43.9 Å². The molecule has 13 heteroatoms. The molecule has 2 N–H and O–H groups in total. The number of nitrogens with zero attached hydrogens (tertiary/aromatic N) is 2. The quantitative estimate of drug-likeness (QED) is 0.339. The highest BCUT2D eigenvalue weighted by Crippen LogP contribution is 2.65. The van der Waals surface area contributed by atoms with Gasteiger partial charge in [-0.25, -0.2) is 9.29 Å². The second-order valence-corrected chi connectivity index (χ2v) is 12.4. The second kappa shape index (κ2) is 10.9. The summed E-state index contributed by atoms with van der Waals surface area (Å²) in [5.74, 6) is -8.29. The van der Waals surface area contributed by atoms with E-state index >= 15 is 0 Å². The lowest BCUT2D eigenvalue weighted by Gasteiger charge is -2.49. The molecule has 0 aromatic heterocycles. The zero-order chi connectivity index (χ0) is 32.5. The van der Waals surface area contributed by atoms with E-state index in [1.54, 1.807) is 19.1 Å². The number of aliphatic carboxylic acids is 1. The fourth-order valence-electron chi connectivity index (χ4n) is 7.85. The smallest absolute Gasteiger partial charge is 0.305 e. The highest BCUT2D eigenvalue weighted by molar-refractivity contribution is 6.31. The summed E-state index contributed by atoms with van der Waals surface area (Å²) in [5.41, 5.74) is -0.644. The molecule has 2 aliphatic carbocycles. The number of ether oxygens (including phenoxy) is 2. The van der Waals surface area contributed by atoms with Crippen molar-refractivity contribution in [1.29, 1.82) is 0 Å². The van der Waals surface area contributed by atoms with Crippen LogP contribution >= 0.6 is 11.6 Å². The Hall–Kier alpha value is -4.45. The molecule has 6 unspecified atom stereocenters. The molecular weight excluding hydrogens is 611 g/mol. The van der Waals surface area contributed by atoms with Crippen molar-refractivity contribution in [2.75, 3.05) is 25.7 Å². The van der Waals surface area contributed by atoms with Gasteiger partial charge < -0.3 is 19.7 Å². The first-order valence-corrected chi connectivity index (χ1v) is 14.8. The number of fused-ring (bicyclic) bond motifs is 4. The van der Waals surface area contributed by atoms with Crippen LogP contribution in [0.3, 0.4) is 0 Å². The third-order valence-corrected chi connectivity index (χ3v) is 10.2. The standard InChI is InChI=1S/C32H30ClFN2O9/c1-32-19(29(41)36(31(32)43)14-4-7-21(34)20(33)10-14)13-18-16(27(32)26-22(37)11-15(44-2)12-23(26)45-3)5-6-17-25(18)30(42)35(28(17)40)9-8-24(38)39/h4-5,7,10-12,17-19,25,27,37H,6,8-9,13H2,1-3H3,(H,38,39). The number of methoxy groups -OCH3 is 2. The van der Waals surface area contributed by atoms with Crippen LogP contribution in [-0.2, 0) is 24.0 Å². The predicted molar refractivity (Wildman–Crippen MR) is 156 cm³/mol. The molecule has 2 aliphatic heterocycles. The second-order valence-electron chi connectivity index (χ2n) is 12.0. The number of carboxylic acid groups (broad SMARTS) is 1. The van der Waals surface area contributed by atoms with Gasteiger partial charge in [0.05, 0.1) is 54.5 Å². The van der Waals surface area contributed by atoms with Crippen molar-refractivity contribution in [3.8, 4) is 17.2 Å². The van der Waals surface area contributed by atoms with E-state index in [0.717, 1.165) is 15.9 Å². The summed E-state index contributed by atoms with van der Waals surface area (Å²) in [4.78, 5) is 69.1. The predicted octanol–water partition coefficient (Wildman–Crippen LogP) is 3.91. The van der Waals surface area contributed by atoms with Crippen molar-refractivity contribution in [2.45, 2.75) is 32.1 Å². The number of anilines is 1. The van der Waals surface area contributed by atoms with E-state index in [1.165, 1.54) is 32.4 Å². The molecule has 0 radical (unpaired) electrons. The van der Waals surface area contributed by atoms with E-state index in [9.17, 15) is 38.6 Å². The summed E-state index contributed by atoms with van der Waals surface area (Å²) in [6.45, 7) is 1.34. The number of aromatic hydroxyl groups is 1. The molecule has 4 aliphatic rings. The Morgan fingerprint density at radius 2 is 1.80 bits per heavy atom. The van der Waals surface area contributed by atoms with Gasteiger partial charge in [0, 0.05) is 30.2 Å². The number of phenolic OH excluding ortho intramolecular Hbond substituents is 1. The van der Waals surface area contributed by atoms with Gasteiger partial charge in [0.25, 0.3) is 0 Å². The Bertz CT molecular complexity index is 1710. The normalized spacial score (nSPS) is 28.9. The van der Waals surface area contributed by atoms with Gasteiger partial charge in [-0.1, -0.05) is 23.3 Å². The third-order valence-electron chi connectivity index (χ3n) is 9.91. The van der Waals surface area contributed by atoms with Gasteiger partial charge in [-0.2, -0.15) is 0 Å². The first-order chi connectivity index (χ1) is 21.3. The third kappa shape index (κ3) is 4.40. The molecule has 0 spiro atoms. The molecule has 236 valence electrons. The highest BCUT2D eigenvalue weighted by Gasteiger charge is 2.68. The average molecular weight is 641 g/mol. The molecule has 6 atom stereocenters. The molecule has 6 rings (SSSR count). The zero-order valence-corrected chi connectivity index (χ0v) is 25.3. The molecule has 2 aromatic carbocycles. The summed E-state index contributed by atoms with van der Waals surface area (Å²) >= 11 is 6.03. The lowest BCUT2D eigenvalue weighted by atomic mass is 9.51. The van der Waals surface area contributed by atoms with Crippen molar-refractivity contribution in [3.05, 3.63) is 58.4 Å². The number of benzene rings is 2. The maximum Gasteiger partial charge on any atom is 0.305 e. The van der Waals surface area contributed by atoms with E-state index < -0.39 is 76.8 Å². The fourth-order valence-corrected chi connectivity index (χ4v) is 8.03. The molecule has 2 saturated heterocycles. The van der Waals surface area contributed by atoms with Crippen molar-refractivity contribution in [3.63, 3.8) is 0 Å². The minimum absolute atomic E-state index is 0.0288. The Labute approximate surface area is 262 Å². The van der Waals surface area contributed by atoms with Gasteiger partial charge in [0.1, 0.15) is 23.1 Å². The SMILES string of the molecule is COc1cc(O)c(C2C3=CCC4C(=O)N(CCC(=O)O)C(=O)C4C3CC3C(=O)N(c4ccc(F)c(Cl)c4)C(=O)C32C)c(OC)c1. The van der Waals surface area contributed by atoms with Crippen molar-refractivity contribution < 1.29 is 48.0 Å². The number of hydrogen-bond donors (Lipinski definition) is 2. The number of allylic oxidation sites excluding steroid dienone is 2. The minimum Gasteiger partial charge on any atom is -0.507 e. The van der Waals surface area contributed by atoms with Crippen LogP contribution in [0.5, 0.6) is 17.2 Å². The molecule has 3 fully saturated rings. The maximum absolute atomic E-state index is 14.5. The number of hydrogen-bond acceptors (Lipinski definition) is 8. The molecular formula is C32H30ClFN2O9. The van der Waals surface area contributed by atoms with E-state index in [2.05, 4.69) is 0 Å². The number of amides is 4. The van der Waals surface area contributed by atoms with Crippen LogP contribution in [0, 0.1) is 34.9 Å². The largest absolute Gasteiger partial charge is 0.507 e. The number of carbonyl (C=O) groups is 5. The lowest BCUT2D eigenvalue weighted by Crippen LogP contribution is -2.49. The van der Waals surface area contributed by atoms with E-state index in [0.29, 0.717) is 5.57 Å². The number of carbonyl (C=O) groups excluding carboxylic acids is 4. The molecule has 2 aromatic rings.